The highest BCUT2D eigenvalue weighted by Crippen LogP contribution is 2.38. The van der Waals surface area contributed by atoms with Gasteiger partial charge in [-0.3, -0.25) is 0 Å². The molecule has 2 heterocycles. The molecule has 4 rings (SSSR count). The van der Waals surface area contributed by atoms with Gasteiger partial charge in [0.1, 0.15) is 11.6 Å². The molecule has 0 N–H and O–H groups in total. The second-order valence-electron chi connectivity index (χ2n) is 6.81. The van der Waals surface area contributed by atoms with E-state index in [1.54, 1.807) is 0 Å². The molecule has 2 aromatic rings. The fourth-order valence-electron chi connectivity index (χ4n) is 3.31. The molecule has 1 saturated heterocycles. The fraction of sp³-hybridized carbons (Fsp3) is 0.474. The Bertz CT molecular complexity index is 700. The van der Waals surface area contributed by atoms with Gasteiger partial charge in [0.2, 0.25) is 0 Å². The summed E-state index contributed by atoms with van der Waals surface area (Å²) >= 11 is 0. The predicted octanol–water partition coefficient (Wildman–Crippen LogP) is 3.30. The van der Waals surface area contributed by atoms with Gasteiger partial charge in [-0.05, 0) is 49.9 Å². The van der Waals surface area contributed by atoms with Gasteiger partial charge in [-0.1, -0.05) is 12.1 Å². The summed E-state index contributed by atoms with van der Waals surface area (Å²) < 4.78 is 0. The number of benzene rings is 1. The van der Waals surface area contributed by atoms with Crippen LogP contribution in [-0.4, -0.2) is 36.1 Å². The maximum atomic E-state index is 4.78. The Balaban J connectivity index is 1.46. The van der Waals surface area contributed by atoms with E-state index in [2.05, 4.69) is 52.9 Å². The average Bonchev–Trinajstić information content (AvgIpc) is 3.42. The largest absolute Gasteiger partial charge is 0.368 e. The van der Waals surface area contributed by atoms with E-state index in [0.29, 0.717) is 5.92 Å². The molecule has 4 heteroatoms. The second kappa shape index (κ2) is 5.84. The minimum Gasteiger partial charge on any atom is -0.368 e. The van der Waals surface area contributed by atoms with Gasteiger partial charge in [0.15, 0.2) is 0 Å². The van der Waals surface area contributed by atoms with E-state index < -0.39 is 0 Å². The third-order valence-corrected chi connectivity index (χ3v) is 4.91. The van der Waals surface area contributed by atoms with Gasteiger partial charge >= 0.3 is 0 Å². The molecule has 1 aliphatic carbocycles. The number of anilines is 2. The minimum atomic E-state index is 0.617. The van der Waals surface area contributed by atoms with Crippen molar-refractivity contribution in [1.82, 2.24) is 9.97 Å². The summed E-state index contributed by atoms with van der Waals surface area (Å²) in [6.45, 7) is 8.51. The summed E-state index contributed by atoms with van der Waals surface area (Å²) in [7, 11) is 0. The molecule has 1 aliphatic heterocycles. The number of nitrogens with zero attached hydrogens (tertiary/aromatic N) is 4. The summed E-state index contributed by atoms with van der Waals surface area (Å²) in [5, 5.41) is 0. The van der Waals surface area contributed by atoms with Crippen molar-refractivity contribution in [3.8, 4) is 0 Å². The number of aromatic nitrogens is 2. The van der Waals surface area contributed by atoms with Crippen molar-refractivity contribution in [3.05, 3.63) is 47.4 Å². The van der Waals surface area contributed by atoms with Gasteiger partial charge < -0.3 is 9.80 Å². The highest BCUT2D eigenvalue weighted by atomic mass is 15.3. The van der Waals surface area contributed by atoms with Crippen LogP contribution in [0.25, 0.3) is 0 Å². The third kappa shape index (κ3) is 3.03. The predicted molar refractivity (Wildman–Crippen MR) is 94.3 cm³/mol. The molecule has 120 valence electrons. The van der Waals surface area contributed by atoms with Crippen molar-refractivity contribution >= 4 is 11.5 Å². The monoisotopic (exact) mass is 308 g/mol. The average molecular weight is 308 g/mol. The first-order chi connectivity index (χ1) is 11.2. The lowest BCUT2D eigenvalue weighted by molar-refractivity contribution is 0.643. The second-order valence-corrected chi connectivity index (χ2v) is 6.81. The molecule has 1 aromatic carbocycles. The van der Waals surface area contributed by atoms with Gasteiger partial charge in [-0.15, -0.1) is 0 Å². The molecule has 1 saturated carbocycles. The zero-order chi connectivity index (χ0) is 15.8. The Morgan fingerprint density at radius 1 is 0.957 bits per heavy atom. The van der Waals surface area contributed by atoms with Gasteiger partial charge in [0, 0.05) is 44.0 Å². The van der Waals surface area contributed by atoms with Crippen molar-refractivity contribution in [2.45, 2.75) is 32.6 Å². The van der Waals surface area contributed by atoms with Crippen LogP contribution in [0.3, 0.4) is 0 Å². The van der Waals surface area contributed by atoms with Gasteiger partial charge in [0.25, 0.3) is 0 Å². The zero-order valence-corrected chi connectivity index (χ0v) is 14.0. The summed E-state index contributed by atoms with van der Waals surface area (Å²) in [5.74, 6) is 2.76. The van der Waals surface area contributed by atoms with Crippen molar-refractivity contribution in [3.63, 3.8) is 0 Å². The number of aryl methyl sites for hydroxylation is 2. The van der Waals surface area contributed by atoms with Crippen LogP contribution in [0.1, 0.15) is 35.7 Å². The van der Waals surface area contributed by atoms with E-state index in [9.17, 15) is 0 Å². The van der Waals surface area contributed by atoms with Crippen LogP contribution in [0.4, 0.5) is 11.5 Å². The number of rotatable bonds is 3. The molecule has 0 spiro atoms. The smallest absolute Gasteiger partial charge is 0.133 e. The number of hydrogen-bond acceptors (Lipinski definition) is 4. The zero-order valence-electron chi connectivity index (χ0n) is 14.0. The van der Waals surface area contributed by atoms with Crippen LogP contribution in [-0.2, 0) is 0 Å². The third-order valence-electron chi connectivity index (χ3n) is 4.91. The molecule has 2 fully saturated rings. The van der Waals surface area contributed by atoms with Crippen molar-refractivity contribution in [2.75, 3.05) is 36.0 Å². The topological polar surface area (TPSA) is 32.3 Å². The SMILES string of the molecule is Cc1ccc(C)c(N2CCN(c3ccnc(C4CC4)n3)CC2)c1. The first-order valence-corrected chi connectivity index (χ1v) is 8.61. The Labute approximate surface area is 138 Å². The van der Waals surface area contributed by atoms with Crippen LogP contribution in [0.2, 0.25) is 0 Å². The van der Waals surface area contributed by atoms with Crippen LogP contribution in [0.5, 0.6) is 0 Å². The summed E-state index contributed by atoms with van der Waals surface area (Å²) in [4.78, 5) is 14.1. The maximum Gasteiger partial charge on any atom is 0.133 e. The van der Waals surface area contributed by atoms with E-state index >= 15 is 0 Å². The lowest BCUT2D eigenvalue weighted by atomic mass is 10.1. The van der Waals surface area contributed by atoms with E-state index in [0.717, 1.165) is 37.8 Å². The Hall–Kier alpha value is -2.10. The summed E-state index contributed by atoms with van der Waals surface area (Å²) in [6.07, 6.45) is 4.43. The normalized spacial score (nSPS) is 18.3. The van der Waals surface area contributed by atoms with Crippen molar-refractivity contribution < 1.29 is 0 Å². The standard InChI is InChI=1S/C19H24N4/c1-14-3-4-15(2)17(13-14)22-9-11-23(12-10-22)18-7-8-20-19(21-18)16-5-6-16/h3-4,7-8,13,16H,5-6,9-12H2,1-2H3. The molecule has 23 heavy (non-hydrogen) atoms. The van der Waals surface area contributed by atoms with Gasteiger partial charge in [-0.25, -0.2) is 9.97 Å². The van der Waals surface area contributed by atoms with E-state index in [1.807, 2.05) is 6.20 Å². The molecule has 0 bridgehead atoms. The summed E-state index contributed by atoms with van der Waals surface area (Å²) in [6, 6.07) is 8.78. The number of piperazine rings is 1. The van der Waals surface area contributed by atoms with Crippen LogP contribution < -0.4 is 9.80 Å². The molecular formula is C19H24N4. The molecule has 0 radical (unpaired) electrons. The van der Waals surface area contributed by atoms with Crippen molar-refractivity contribution in [2.24, 2.45) is 0 Å². The van der Waals surface area contributed by atoms with E-state index in [4.69, 9.17) is 4.98 Å². The van der Waals surface area contributed by atoms with Crippen LogP contribution in [0.15, 0.2) is 30.5 Å². The van der Waals surface area contributed by atoms with Crippen LogP contribution in [0, 0.1) is 13.8 Å². The Morgan fingerprint density at radius 2 is 1.70 bits per heavy atom. The number of hydrogen-bond donors (Lipinski definition) is 0. The molecule has 0 atom stereocenters. The summed E-state index contributed by atoms with van der Waals surface area (Å²) in [5.41, 5.74) is 4.08. The Kier molecular flexibility index (Phi) is 3.68. The maximum absolute atomic E-state index is 4.78. The molecule has 0 amide bonds. The van der Waals surface area contributed by atoms with E-state index in [1.165, 1.54) is 29.7 Å². The fourth-order valence-corrected chi connectivity index (χ4v) is 3.31. The lowest BCUT2D eigenvalue weighted by Crippen LogP contribution is -2.47. The molecule has 1 aromatic heterocycles. The van der Waals surface area contributed by atoms with Gasteiger partial charge in [0.05, 0.1) is 0 Å². The molecule has 2 aliphatic rings. The molecular weight excluding hydrogens is 284 g/mol. The first-order valence-electron chi connectivity index (χ1n) is 8.61. The highest BCUT2D eigenvalue weighted by Gasteiger charge is 2.27. The first kappa shape index (κ1) is 14.5. The lowest BCUT2D eigenvalue weighted by Gasteiger charge is -2.37. The van der Waals surface area contributed by atoms with Crippen molar-refractivity contribution in [1.29, 1.82) is 0 Å². The van der Waals surface area contributed by atoms with Crippen LogP contribution >= 0.6 is 0 Å². The quantitative estimate of drug-likeness (QED) is 0.871. The van der Waals surface area contributed by atoms with E-state index in [-0.39, 0.29) is 0 Å². The highest BCUT2D eigenvalue weighted by molar-refractivity contribution is 5.56. The molecule has 0 unspecified atom stereocenters. The minimum absolute atomic E-state index is 0.617. The molecule has 4 nitrogen and oxygen atoms in total. The Morgan fingerprint density at radius 3 is 2.43 bits per heavy atom. The van der Waals surface area contributed by atoms with Gasteiger partial charge in [-0.2, -0.15) is 0 Å².